The highest BCUT2D eigenvalue weighted by Gasteiger charge is 2.09. The lowest BCUT2D eigenvalue weighted by molar-refractivity contribution is 0.102. The number of hydrogen-bond donors (Lipinski definition) is 1. The van der Waals surface area contributed by atoms with Gasteiger partial charge in [-0.25, -0.2) is 0 Å². The lowest BCUT2D eigenvalue weighted by Crippen LogP contribution is -2.13. The van der Waals surface area contributed by atoms with E-state index >= 15 is 0 Å². The van der Waals surface area contributed by atoms with Crippen molar-refractivity contribution >= 4 is 27.5 Å². The molecule has 2 aromatic rings. The van der Waals surface area contributed by atoms with Gasteiger partial charge in [0.15, 0.2) is 0 Å². The van der Waals surface area contributed by atoms with E-state index in [1.807, 2.05) is 31.2 Å². The van der Waals surface area contributed by atoms with E-state index in [0.29, 0.717) is 18.8 Å². The van der Waals surface area contributed by atoms with Gasteiger partial charge < -0.3 is 10.1 Å². The molecule has 0 saturated carbocycles. The Morgan fingerprint density at radius 3 is 2.90 bits per heavy atom. The number of ether oxygens (including phenoxy) is 1. The van der Waals surface area contributed by atoms with Gasteiger partial charge in [0.2, 0.25) is 0 Å². The number of aromatic nitrogens is 1. The molecule has 1 N–H and O–H groups in total. The SMILES string of the molecule is CCOCc1ccccc1NC(=O)c1cncc(Br)c1. The zero-order valence-electron chi connectivity index (χ0n) is 11.1. The molecule has 0 radical (unpaired) electrons. The van der Waals surface area contributed by atoms with Crippen LogP contribution in [0.5, 0.6) is 0 Å². The first-order valence-corrected chi connectivity index (χ1v) is 7.07. The summed E-state index contributed by atoms with van der Waals surface area (Å²) in [6.07, 6.45) is 3.17. The second kappa shape index (κ2) is 7.17. The van der Waals surface area contributed by atoms with Crippen molar-refractivity contribution in [1.82, 2.24) is 4.98 Å². The molecule has 0 aliphatic rings. The summed E-state index contributed by atoms with van der Waals surface area (Å²) in [5.41, 5.74) is 2.21. The number of carbonyl (C=O) groups is 1. The number of anilines is 1. The largest absolute Gasteiger partial charge is 0.377 e. The number of halogens is 1. The molecule has 20 heavy (non-hydrogen) atoms. The number of carbonyl (C=O) groups excluding carboxylic acids is 1. The molecule has 0 aliphatic carbocycles. The normalized spacial score (nSPS) is 10.3. The fourth-order valence-corrected chi connectivity index (χ4v) is 2.08. The molecule has 2 rings (SSSR count). The molecule has 0 saturated heterocycles. The highest BCUT2D eigenvalue weighted by Crippen LogP contribution is 2.18. The van der Waals surface area contributed by atoms with Crippen LogP contribution in [0.4, 0.5) is 5.69 Å². The van der Waals surface area contributed by atoms with Crippen LogP contribution in [0.2, 0.25) is 0 Å². The van der Waals surface area contributed by atoms with Crippen molar-refractivity contribution in [2.45, 2.75) is 13.5 Å². The molecule has 0 aliphatic heterocycles. The Bertz CT molecular complexity index is 602. The first kappa shape index (κ1) is 14.7. The lowest BCUT2D eigenvalue weighted by atomic mass is 10.1. The predicted molar refractivity (Wildman–Crippen MR) is 81.7 cm³/mol. The van der Waals surface area contributed by atoms with Gasteiger partial charge in [-0.15, -0.1) is 0 Å². The van der Waals surface area contributed by atoms with E-state index in [9.17, 15) is 4.79 Å². The summed E-state index contributed by atoms with van der Waals surface area (Å²) in [7, 11) is 0. The molecule has 0 atom stereocenters. The molecule has 4 nitrogen and oxygen atoms in total. The van der Waals surface area contributed by atoms with Crippen LogP contribution in [0.15, 0.2) is 47.2 Å². The van der Waals surface area contributed by atoms with Crippen LogP contribution >= 0.6 is 15.9 Å². The average molecular weight is 335 g/mol. The quantitative estimate of drug-likeness (QED) is 0.908. The van der Waals surface area contributed by atoms with Gasteiger partial charge in [-0.3, -0.25) is 9.78 Å². The summed E-state index contributed by atoms with van der Waals surface area (Å²) >= 11 is 3.30. The Labute approximate surface area is 126 Å². The molecule has 1 heterocycles. The fraction of sp³-hybridized carbons (Fsp3) is 0.200. The minimum atomic E-state index is -0.192. The average Bonchev–Trinajstić information content (AvgIpc) is 2.46. The number of hydrogen-bond acceptors (Lipinski definition) is 3. The van der Waals surface area contributed by atoms with Crippen LogP contribution in [-0.2, 0) is 11.3 Å². The minimum Gasteiger partial charge on any atom is -0.377 e. The Morgan fingerprint density at radius 1 is 1.35 bits per heavy atom. The van der Waals surface area contributed by atoms with Crippen molar-refractivity contribution in [3.8, 4) is 0 Å². The molecule has 104 valence electrons. The van der Waals surface area contributed by atoms with Crippen molar-refractivity contribution in [2.24, 2.45) is 0 Å². The summed E-state index contributed by atoms with van der Waals surface area (Å²) in [5.74, 6) is -0.192. The van der Waals surface area contributed by atoms with Crippen LogP contribution in [0.1, 0.15) is 22.8 Å². The first-order chi connectivity index (χ1) is 9.70. The van der Waals surface area contributed by atoms with Crippen molar-refractivity contribution in [3.63, 3.8) is 0 Å². The van der Waals surface area contributed by atoms with Gasteiger partial charge in [-0.05, 0) is 35.0 Å². The Kier molecular flexibility index (Phi) is 5.26. The number of rotatable bonds is 5. The van der Waals surface area contributed by atoms with Crippen LogP contribution in [0, 0.1) is 0 Å². The number of para-hydroxylation sites is 1. The maximum Gasteiger partial charge on any atom is 0.257 e. The van der Waals surface area contributed by atoms with Gasteiger partial charge in [0.1, 0.15) is 0 Å². The van der Waals surface area contributed by atoms with Gasteiger partial charge in [0, 0.05) is 34.7 Å². The first-order valence-electron chi connectivity index (χ1n) is 6.28. The number of nitrogens with zero attached hydrogens (tertiary/aromatic N) is 1. The molecule has 1 aromatic carbocycles. The van der Waals surface area contributed by atoms with E-state index in [2.05, 4.69) is 26.2 Å². The van der Waals surface area contributed by atoms with Crippen LogP contribution in [-0.4, -0.2) is 17.5 Å². The second-order valence-electron chi connectivity index (χ2n) is 4.14. The summed E-state index contributed by atoms with van der Waals surface area (Å²) < 4.78 is 6.17. The van der Waals surface area contributed by atoms with Crippen LogP contribution < -0.4 is 5.32 Å². The summed E-state index contributed by atoms with van der Waals surface area (Å²) in [6.45, 7) is 3.05. The lowest BCUT2D eigenvalue weighted by Gasteiger charge is -2.11. The van der Waals surface area contributed by atoms with E-state index in [1.54, 1.807) is 12.3 Å². The molecule has 5 heteroatoms. The number of amides is 1. The minimum absolute atomic E-state index is 0.192. The van der Waals surface area contributed by atoms with E-state index in [4.69, 9.17) is 4.74 Å². The maximum atomic E-state index is 12.2. The van der Waals surface area contributed by atoms with Crippen LogP contribution in [0.25, 0.3) is 0 Å². The third-order valence-electron chi connectivity index (χ3n) is 2.69. The predicted octanol–water partition coefficient (Wildman–Crippen LogP) is 3.63. The Hall–Kier alpha value is -1.72. The third-order valence-corrected chi connectivity index (χ3v) is 3.13. The summed E-state index contributed by atoms with van der Waals surface area (Å²) in [4.78, 5) is 16.2. The molecule has 0 spiro atoms. The van der Waals surface area contributed by atoms with Crippen molar-refractivity contribution < 1.29 is 9.53 Å². The molecular weight excluding hydrogens is 320 g/mol. The monoisotopic (exact) mass is 334 g/mol. The molecule has 0 fully saturated rings. The summed E-state index contributed by atoms with van der Waals surface area (Å²) in [6, 6.07) is 9.32. The van der Waals surface area contributed by atoms with E-state index in [-0.39, 0.29) is 5.91 Å². The van der Waals surface area contributed by atoms with Gasteiger partial charge in [0.05, 0.1) is 12.2 Å². The molecule has 0 bridgehead atoms. The number of nitrogens with one attached hydrogen (secondary N) is 1. The van der Waals surface area contributed by atoms with E-state index in [0.717, 1.165) is 15.7 Å². The van der Waals surface area contributed by atoms with Gasteiger partial charge in [-0.1, -0.05) is 18.2 Å². The second-order valence-corrected chi connectivity index (χ2v) is 5.06. The third kappa shape index (κ3) is 3.88. The molecular formula is C15H15BrN2O2. The van der Waals surface area contributed by atoms with Crippen molar-refractivity contribution in [2.75, 3.05) is 11.9 Å². The maximum absolute atomic E-state index is 12.2. The topological polar surface area (TPSA) is 51.2 Å². The van der Waals surface area contributed by atoms with Gasteiger partial charge in [-0.2, -0.15) is 0 Å². The van der Waals surface area contributed by atoms with Crippen molar-refractivity contribution in [3.05, 3.63) is 58.3 Å². The fourth-order valence-electron chi connectivity index (χ4n) is 1.71. The molecule has 1 amide bonds. The van der Waals surface area contributed by atoms with Crippen LogP contribution in [0.3, 0.4) is 0 Å². The zero-order valence-corrected chi connectivity index (χ0v) is 12.7. The van der Waals surface area contributed by atoms with E-state index < -0.39 is 0 Å². The number of pyridine rings is 1. The highest BCUT2D eigenvalue weighted by molar-refractivity contribution is 9.10. The smallest absolute Gasteiger partial charge is 0.257 e. The highest BCUT2D eigenvalue weighted by atomic mass is 79.9. The van der Waals surface area contributed by atoms with Crippen molar-refractivity contribution in [1.29, 1.82) is 0 Å². The standard InChI is InChI=1S/C15H15BrN2O2/c1-2-20-10-11-5-3-4-6-14(11)18-15(19)12-7-13(16)9-17-8-12/h3-9H,2,10H2,1H3,(H,18,19). The number of benzene rings is 1. The van der Waals surface area contributed by atoms with Gasteiger partial charge in [0.25, 0.3) is 5.91 Å². The Morgan fingerprint density at radius 2 is 2.15 bits per heavy atom. The van der Waals surface area contributed by atoms with E-state index in [1.165, 1.54) is 6.20 Å². The Balaban J connectivity index is 2.15. The van der Waals surface area contributed by atoms with Gasteiger partial charge >= 0.3 is 0 Å². The zero-order chi connectivity index (χ0) is 14.4. The molecule has 1 aromatic heterocycles. The summed E-state index contributed by atoms with van der Waals surface area (Å²) in [5, 5.41) is 2.88. The molecule has 0 unspecified atom stereocenters.